The number of nitrogens with zero attached hydrogens (tertiary/aromatic N) is 1. The molecule has 0 bridgehead atoms. The van der Waals surface area contributed by atoms with Crippen molar-refractivity contribution in [2.24, 2.45) is 0 Å². The van der Waals surface area contributed by atoms with Gasteiger partial charge >= 0.3 is 0 Å². The molecule has 3 N–H and O–H groups in total. The van der Waals surface area contributed by atoms with Gasteiger partial charge in [0.25, 0.3) is 0 Å². The first-order valence-electron chi connectivity index (χ1n) is 8.11. The average Bonchev–Trinajstić information content (AvgIpc) is 3.07. The van der Waals surface area contributed by atoms with Crippen LogP contribution in [0.15, 0.2) is 47.8 Å². The Bertz CT molecular complexity index is 907. The van der Waals surface area contributed by atoms with Crippen LogP contribution in [0, 0.1) is 0 Å². The Morgan fingerprint density at radius 1 is 1.23 bits per heavy atom. The summed E-state index contributed by atoms with van der Waals surface area (Å²) in [6, 6.07) is 12.7. The number of rotatable bonds is 6. The van der Waals surface area contributed by atoms with E-state index in [0.29, 0.717) is 12.3 Å². The predicted octanol–water partition coefficient (Wildman–Crippen LogP) is 4.62. The van der Waals surface area contributed by atoms with Crippen molar-refractivity contribution in [2.75, 3.05) is 17.2 Å². The monoisotopic (exact) mass is 369 g/mol. The Morgan fingerprint density at radius 2 is 2.00 bits per heavy atom. The zero-order valence-electron chi connectivity index (χ0n) is 14.4. The summed E-state index contributed by atoms with van der Waals surface area (Å²) in [7, 11) is 0. The van der Waals surface area contributed by atoms with Crippen molar-refractivity contribution in [2.45, 2.75) is 13.8 Å². The lowest BCUT2D eigenvalue weighted by Gasteiger charge is -2.07. The number of phenolic OH excluding ortho intramolecular Hbond substituents is 1. The molecule has 2 aromatic carbocycles. The van der Waals surface area contributed by atoms with Crippen LogP contribution < -0.4 is 15.4 Å². The number of carbonyl (C=O) groups is 1. The Balaban J connectivity index is 1.76. The number of hydrogen-bond acceptors (Lipinski definition) is 6. The first kappa shape index (κ1) is 17.8. The Hall–Kier alpha value is -3.06. The highest BCUT2D eigenvalue weighted by Gasteiger charge is 2.09. The number of aromatic hydroxyl groups is 1. The molecule has 1 amide bonds. The van der Waals surface area contributed by atoms with Crippen LogP contribution in [0.4, 0.5) is 16.5 Å². The molecule has 1 heterocycles. The molecule has 1 aromatic heterocycles. The highest BCUT2D eigenvalue weighted by molar-refractivity contribution is 7.14. The molecule has 0 saturated heterocycles. The van der Waals surface area contributed by atoms with E-state index in [1.165, 1.54) is 18.3 Å². The van der Waals surface area contributed by atoms with Crippen LogP contribution in [0.2, 0.25) is 0 Å². The molecule has 7 heteroatoms. The van der Waals surface area contributed by atoms with E-state index in [9.17, 15) is 9.90 Å². The number of thiazole rings is 1. The van der Waals surface area contributed by atoms with Gasteiger partial charge < -0.3 is 20.5 Å². The Morgan fingerprint density at radius 3 is 2.69 bits per heavy atom. The topological polar surface area (TPSA) is 83.5 Å². The summed E-state index contributed by atoms with van der Waals surface area (Å²) < 4.78 is 5.43. The molecule has 0 atom stereocenters. The largest absolute Gasteiger partial charge is 0.506 e. The smallest absolute Gasteiger partial charge is 0.221 e. The van der Waals surface area contributed by atoms with E-state index in [1.807, 2.05) is 36.6 Å². The molecular formula is C19H19N3O3S. The second-order valence-electron chi connectivity index (χ2n) is 5.53. The molecule has 0 aliphatic rings. The van der Waals surface area contributed by atoms with Crippen molar-refractivity contribution < 1.29 is 14.6 Å². The van der Waals surface area contributed by atoms with E-state index in [-0.39, 0.29) is 11.7 Å². The zero-order valence-corrected chi connectivity index (χ0v) is 15.3. The molecule has 134 valence electrons. The lowest BCUT2D eigenvalue weighted by atomic mass is 10.1. The van der Waals surface area contributed by atoms with Gasteiger partial charge in [-0.05, 0) is 49.4 Å². The molecule has 0 fully saturated rings. The molecule has 0 aliphatic carbocycles. The van der Waals surface area contributed by atoms with Gasteiger partial charge in [0.15, 0.2) is 5.13 Å². The van der Waals surface area contributed by atoms with Crippen molar-refractivity contribution in [3.8, 4) is 22.8 Å². The van der Waals surface area contributed by atoms with Crippen molar-refractivity contribution >= 4 is 33.8 Å². The van der Waals surface area contributed by atoms with E-state index in [2.05, 4.69) is 15.6 Å². The van der Waals surface area contributed by atoms with Crippen molar-refractivity contribution in [3.05, 3.63) is 47.8 Å². The predicted molar refractivity (Wildman–Crippen MR) is 104 cm³/mol. The van der Waals surface area contributed by atoms with Gasteiger partial charge in [-0.25, -0.2) is 4.98 Å². The van der Waals surface area contributed by atoms with Crippen molar-refractivity contribution in [1.29, 1.82) is 0 Å². The van der Waals surface area contributed by atoms with Gasteiger partial charge in [0, 0.05) is 23.6 Å². The quantitative estimate of drug-likeness (QED) is 0.552. The second-order valence-corrected chi connectivity index (χ2v) is 6.39. The molecule has 0 unspecified atom stereocenters. The summed E-state index contributed by atoms with van der Waals surface area (Å²) >= 11 is 1.47. The van der Waals surface area contributed by atoms with Crippen molar-refractivity contribution in [3.63, 3.8) is 0 Å². The molecule has 0 saturated carbocycles. The molecular weight excluding hydrogens is 350 g/mol. The minimum Gasteiger partial charge on any atom is -0.506 e. The highest BCUT2D eigenvalue weighted by Crippen LogP contribution is 2.32. The van der Waals surface area contributed by atoms with Gasteiger partial charge in [-0.2, -0.15) is 0 Å². The number of anilines is 3. The van der Waals surface area contributed by atoms with Crippen LogP contribution in [0.1, 0.15) is 13.8 Å². The standard InChI is InChI=1S/C19H19N3O3S/c1-3-25-15-7-5-14(6-8-15)21-19-22-17(11-26-19)13-4-9-18(24)16(10-13)20-12(2)23/h4-11,24H,3H2,1-2H3,(H,20,23)(H,21,22). The third kappa shape index (κ3) is 4.31. The number of ether oxygens (including phenoxy) is 1. The minimum atomic E-state index is -0.242. The fourth-order valence-electron chi connectivity index (χ4n) is 2.37. The third-order valence-corrected chi connectivity index (χ3v) is 4.28. The van der Waals surface area contributed by atoms with E-state index in [4.69, 9.17) is 4.74 Å². The molecule has 6 nitrogen and oxygen atoms in total. The number of nitrogens with one attached hydrogen (secondary N) is 2. The first-order valence-corrected chi connectivity index (χ1v) is 8.99. The highest BCUT2D eigenvalue weighted by atomic mass is 32.1. The van der Waals surface area contributed by atoms with Crippen LogP contribution in [-0.2, 0) is 4.79 Å². The number of aromatic nitrogens is 1. The number of phenols is 1. The van der Waals surface area contributed by atoms with E-state index in [0.717, 1.165) is 27.8 Å². The van der Waals surface area contributed by atoms with Gasteiger partial charge in [0.2, 0.25) is 5.91 Å². The summed E-state index contributed by atoms with van der Waals surface area (Å²) in [5, 5.41) is 18.4. The third-order valence-electron chi connectivity index (χ3n) is 3.52. The van der Waals surface area contributed by atoms with Crippen LogP contribution in [-0.4, -0.2) is 22.6 Å². The zero-order chi connectivity index (χ0) is 18.5. The molecule has 0 aliphatic heterocycles. The SMILES string of the molecule is CCOc1ccc(Nc2nc(-c3ccc(O)c(NC(C)=O)c3)cs2)cc1. The van der Waals surface area contributed by atoms with E-state index >= 15 is 0 Å². The van der Waals surface area contributed by atoms with E-state index in [1.54, 1.807) is 18.2 Å². The van der Waals surface area contributed by atoms with Gasteiger partial charge in [-0.3, -0.25) is 4.79 Å². The van der Waals surface area contributed by atoms with Crippen LogP contribution in [0.3, 0.4) is 0 Å². The fourth-order valence-corrected chi connectivity index (χ4v) is 3.11. The van der Waals surface area contributed by atoms with Gasteiger partial charge in [-0.15, -0.1) is 11.3 Å². The number of amides is 1. The Labute approximate surface area is 155 Å². The summed E-state index contributed by atoms with van der Waals surface area (Å²) in [4.78, 5) is 15.8. The van der Waals surface area contributed by atoms with Crippen molar-refractivity contribution in [1.82, 2.24) is 4.98 Å². The maximum atomic E-state index is 11.2. The molecule has 3 aromatic rings. The molecule has 3 rings (SSSR count). The molecule has 26 heavy (non-hydrogen) atoms. The fraction of sp³-hybridized carbons (Fsp3) is 0.158. The van der Waals surface area contributed by atoms with Gasteiger partial charge in [-0.1, -0.05) is 0 Å². The maximum Gasteiger partial charge on any atom is 0.221 e. The lowest BCUT2D eigenvalue weighted by Crippen LogP contribution is -2.05. The lowest BCUT2D eigenvalue weighted by molar-refractivity contribution is -0.114. The van der Waals surface area contributed by atoms with E-state index < -0.39 is 0 Å². The second kappa shape index (κ2) is 7.88. The Kier molecular flexibility index (Phi) is 5.38. The maximum absolute atomic E-state index is 11.2. The number of carbonyl (C=O) groups excluding carboxylic acids is 1. The summed E-state index contributed by atoms with van der Waals surface area (Å²) in [6.45, 7) is 3.98. The average molecular weight is 369 g/mol. The molecule has 0 spiro atoms. The summed E-state index contributed by atoms with van der Waals surface area (Å²) in [6.07, 6.45) is 0. The summed E-state index contributed by atoms with van der Waals surface area (Å²) in [5.41, 5.74) is 2.85. The van der Waals surface area contributed by atoms with Gasteiger partial charge in [0.1, 0.15) is 11.5 Å². The molecule has 0 radical (unpaired) electrons. The number of hydrogen-bond donors (Lipinski definition) is 3. The summed E-state index contributed by atoms with van der Waals surface area (Å²) in [5.74, 6) is 0.605. The number of benzene rings is 2. The first-order chi connectivity index (χ1) is 12.5. The van der Waals surface area contributed by atoms with Gasteiger partial charge in [0.05, 0.1) is 18.0 Å². The van der Waals surface area contributed by atoms with Crippen LogP contribution in [0.25, 0.3) is 11.3 Å². The minimum absolute atomic E-state index is 0.0203. The van der Waals surface area contributed by atoms with Crippen LogP contribution in [0.5, 0.6) is 11.5 Å². The normalized spacial score (nSPS) is 10.4. The van der Waals surface area contributed by atoms with Crippen LogP contribution >= 0.6 is 11.3 Å².